The fraction of sp³-hybridized carbons (Fsp3) is 0.550. The summed E-state index contributed by atoms with van der Waals surface area (Å²) in [6.45, 7) is 6.65. The zero-order chi connectivity index (χ0) is 18.2. The first-order valence-electron chi connectivity index (χ1n) is 9.66. The van der Waals surface area contributed by atoms with Crippen LogP contribution >= 0.6 is 0 Å². The molecule has 0 amide bonds. The largest absolute Gasteiger partial charge is 0.468 e. The summed E-state index contributed by atoms with van der Waals surface area (Å²) in [7, 11) is 2.03. The topological polar surface area (TPSA) is 57.7 Å². The minimum absolute atomic E-state index is 0.242. The fourth-order valence-electron chi connectivity index (χ4n) is 3.48. The van der Waals surface area contributed by atoms with Gasteiger partial charge in [0.15, 0.2) is 5.96 Å². The summed E-state index contributed by atoms with van der Waals surface area (Å²) in [5.41, 5.74) is 1.21. The van der Waals surface area contributed by atoms with E-state index in [1.165, 1.54) is 24.8 Å². The molecule has 2 N–H and O–H groups in total. The Morgan fingerprint density at radius 2 is 2.08 bits per heavy atom. The van der Waals surface area contributed by atoms with Crippen molar-refractivity contribution >= 4 is 5.96 Å². The minimum atomic E-state index is 0.242. The number of rotatable bonds is 7. The van der Waals surface area contributed by atoms with E-state index in [1.807, 2.05) is 13.1 Å². The molecule has 1 saturated heterocycles. The number of aryl methyl sites for hydroxylation is 1. The van der Waals surface area contributed by atoms with Crippen LogP contribution in [-0.4, -0.2) is 41.6 Å². The van der Waals surface area contributed by atoms with Crippen LogP contribution < -0.4 is 10.6 Å². The second-order valence-corrected chi connectivity index (χ2v) is 6.89. The predicted molar refractivity (Wildman–Crippen MR) is 105 cm³/mol. The molecular weight excluding hydrogens is 326 g/mol. The van der Waals surface area contributed by atoms with Gasteiger partial charge in [0.2, 0.25) is 0 Å². The third-order valence-corrected chi connectivity index (χ3v) is 4.82. The summed E-state index contributed by atoms with van der Waals surface area (Å²) in [5, 5.41) is 6.86. The van der Waals surface area contributed by atoms with Crippen LogP contribution in [0.25, 0.3) is 0 Å². The first-order valence-corrected chi connectivity index (χ1v) is 9.66. The van der Waals surface area contributed by atoms with E-state index >= 15 is 0 Å². The molecule has 0 aromatic carbocycles. The van der Waals surface area contributed by atoms with Crippen molar-refractivity contribution in [2.24, 2.45) is 12.0 Å². The Labute approximate surface area is 156 Å². The number of nitrogens with zero attached hydrogens (tertiary/aromatic N) is 3. The molecule has 3 heterocycles. The first kappa shape index (κ1) is 18.6. The van der Waals surface area contributed by atoms with Gasteiger partial charge in [-0.25, -0.2) is 4.99 Å². The van der Waals surface area contributed by atoms with Crippen LogP contribution in [0.1, 0.15) is 43.6 Å². The number of hydrogen-bond donors (Lipinski definition) is 2. The molecule has 0 bridgehead atoms. The van der Waals surface area contributed by atoms with E-state index < -0.39 is 0 Å². The molecule has 0 radical (unpaired) electrons. The summed E-state index contributed by atoms with van der Waals surface area (Å²) >= 11 is 0. The minimum Gasteiger partial charge on any atom is -0.468 e. The average molecular weight is 358 g/mol. The Hall–Kier alpha value is -2.21. The van der Waals surface area contributed by atoms with E-state index in [9.17, 15) is 0 Å². The molecule has 2 aromatic rings. The van der Waals surface area contributed by atoms with E-state index in [-0.39, 0.29) is 6.04 Å². The van der Waals surface area contributed by atoms with Gasteiger partial charge in [-0.1, -0.05) is 6.42 Å². The van der Waals surface area contributed by atoms with Gasteiger partial charge in [0.25, 0.3) is 0 Å². The molecule has 0 saturated carbocycles. The van der Waals surface area contributed by atoms with E-state index in [0.717, 1.165) is 37.9 Å². The van der Waals surface area contributed by atoms with E-state index in [4.69, 9.17) is 9.41 Å². The van der Waals surface area contributed by atoms with Crippen molar-refractivity contribution in [1.82, 2.24) is 20.1 Å². The molecule has 6 heteroatoms. The lowest BCUT2D eigenvalue weighted by molar-refractivity contribution is 0.146. The van der Waals surface area contributed by atoms with Gasteiger partial charge in [0.05, 0.1) is 18.8 Å². The summed E-state index contributed by atoms with van der Waals surface area (Å²) in [6.07, 6.45) is 9.77. The summed E-state index contributed by atoms with van der Waals surface area (Å²) in [4.78, 5) is 7.25. The van der Waals surface area contributed by atoms with Crippen molar-refractivity contribution in [2.75, 3.05) is 26.2 Å². The molecule has 0 spiro atoms. The lowest BCUT2D eigenvalue weighted by atomic mass is 10.1. The lowest BCUT2D eigenvalue weighted by Gasteiger charge is -2.33. The predicted octanol–water partition coefficient (Wildman–Crippen LogP) is 2.90. The number of hydrogen-bond acceptors (Lipinski definition) is 3. The number of aliphatic imine (C=N–C) groups is 1. The molecular formula is C20H31N5O. The lowest BCUT2D eigenvalue weighted by Crippen LogP contribution is -2.44. The Morgan fingerprint density at radius 1 is 1.23 bits per heavy atom. The third-order valence-electron chi connectivity index (χ3n) is 4.82. The highest BCUT2D eigenvalue weighted by atomic mass is 16.3. The Kier molecular flexibility index (Phi) is 6.77. The zero-order valence-electron chi connectivity index (χ0n) is 15.9. The molecule has 1 fully saturated rings. The molecule has 1 atom stereocenters. The average Bonchev–Trinajstić information content (AvgIpc) is 3.33. The van der Waals surface area contributed by atoms with E-state index in [1.54, 1.807) is 6.26 Å². The quantitative estimate of drug-likeness (QED) is 0.591. The maximum atomic E-state index is 5.73. The molecule has 142 valence electrons. The fourth-order valence-corrected chi connectivity index (χ4v) is 3.48. The van der Waals surface area contributed by atoms with Crippen molar-refractivity contribution in [3.63, 3.8) is 0 Å². The molecule has 1 aliphatic rings. The van der Waals surface area contributed by atoms with Crippen LogP contribution in [0.5, 0.6) is 0 Å². The number of piperidine rings is 1. The van der Waals surface area contributed by atoms with Crippen LogP contribution in [-0.2, 0) is 13.6 Å². The number of furan rings is 1. The summed E-state index contributed by atoms with van der Waals surface area (Å²) in [5.74, 6) is 1.88. The molecule has 1 aliphatic heterocycles. The standard InChI is InChI=1S/C20H31N5O/c1-3-21-20(22-14-17-9-12-24(2)16-17)23-15-18(19-8-7-13-26-19)25-10-5-4-6-11-25/h7-9,12-13,16,18H,3-6,10-11,14-15H2,1-2H3,(H2,21,22,23). The molecule has 26 heavy (non-hydrogen) atoms. The second kappa shape index (κ2) is 9.48. The molecule has 3 rings (SSSR count). The first-order chi connectivity index (χ1) is 12.8. The number of guanidine groups is 1. The van der Waals surface area contributed by atoms with Gasteiger partial charge in [-0.3, -0.25) is 4.90 Å². The maximum Gasteiger partial charge on any atom is 0.191 e. The van der Waals surface area contributed by atoms with Crippen LogP contribution in [0.4, 0.5) is 0 Å². The van der Waals surface area contributed by atoms with Gasteiger partial charge in [-0.2, -0.15) is 0 Å². The molecule has 6 nitrogen and oxygen atoms in total. The van der Waals surface area contributed by atoms with Crippen molar-refractivity contribution in [3.05, 3.63) is 48.2 Å². The number of aromatic nitrogens is 1. The third kappa shape index (κ3) is 5.14. The zero-order valence-corrected chi connectivity index (χ0v) is 15.9. The van der Waals surface area contributed by atoms with Crippen molar-refractivity contribution in [3.8, 4) is 0 Å². The van der Waals surface area contributed by atoms with Crippen molar-refractivity contribution in [2.45, 2.75) is 38.8 Å². The highest BCUT2D eigenvalue weighted by Gasteiger charge is 2.24. The molecule has 2 aromatic heterocycles. The van der Waals surface area contributed by atoms with E-state index in [2.05, 4.69) is 51.6 Å². The maximum absolute atomic E-state index is 5.73. The van der Waals surface area contributed by atoms with Crippen LogP contribution in [0, 0.1) is 0 Å². The molecule has 1 unspecified atom stereocenters. The van der Waals surface area contributed by atoms with Crippen molar-refractivity contribution in [1.29, 1.82) is 0 Å². The second-order valence-electron chi connectivity index (χ2n) is 6.89. The van der Waals surface area contributed by atoms with Gasteiger partial charge in [-0.15, -0.1) is 0 Å². The summed E-state index contributed by atoms with van der Waals surface area (Å²) in [6, 6.07) is 6.40. The SMILES string of the molecule is CCNC(=NCc1ccn(C)c1)NCC(c1ccco1)N1CCCCC1. The van der Waals surface area contributed by atoms with Gasteiger partial charge in [-0.05, 0) is 56.6 Å². The monoisotopic (exact) mass is 357 g/mol. The number of likely N-dealkylation sites (tertiary alicyclic amines) is 1. The number of nitrogens with one attached hydrogen (secondary N) is 2. The van der Waals surface area contributed by atoms with Gasteiger partial charge < -0.3 is 19.6 Å². The normalized spacial score (nSPS) is 17.2. The van der Waals surface area contributed by atoms with Gasteiger partial charge in [0, 0.05) is 32.5 Å². The van der Waals surface area contributed by atoms with Crippen LogP contribution in [0.3, 0.4) is 0 Å². The Morgan fingerprint density at radius 3 is 2.73 bits per heavy atom. The Bertz CT molecular complexity index is 670. The Balaban J connectivity index is 1.64. The highest BCUT2D eigenvalue weighted by Crippen LogP contribution is 2.24. The smallest absolute Gasteiger partial charge is 0.191 e. The summed E-state index contributed by atoms with van der Waals surface area (Å²) < 4.78 is 7.78. The van der Waals surface area contributed by atoms with E-state index in [0.29, 0.717) is 6.54 Å². The van der Waals surface area contributed by atoms with Crippen molar-refractivity contribution < 1.29 is 4.42 Å². The highest BCUT2D eigenvalue weighted by molar-refractivity contribution is 5.79. The van der Waals surface area contributed by atoms with Gasteiger partial charge in [0.1, 0.15) is 5.76 Å². The van der Waals surface area contributed by atoms with Crippen LogP contribution in [0.15, 0.2) is 46.3 Å². The van der Waals surface area contributed by atoms with Gasteiger partial charge >= 0.3 is 0 Å². The molecule has 0 aliphatic carbocycles. The van der Waals surface area contributed by atoms with Crippen LogP contribution in [0.2, 0.25) is 0 Å².